The molecule has 0 aromatic heterocycles. The SMILES string of the molecule is C[C@@H]1C(=O)C[C@]1(c1ccccc1)[B-](F)(F)F.[K+]. The standard InChI is InChI=1S/C11H11BF3O.K/c1-8-10(16)7-11(8,12(13,14)15)9-5-3-2-4-6-9;/h2-6,8H,7H2,1H3;/q-1;+1/t8-,11+;/m1./s1. The van der Waals surface area contributed by atoms with E-state index in [1.165, 1.54) is 19.1 Å². The van der Waals surface area contributed by atoms with Crippen LogP contribution in [0.4, 0.5) is 12.9 Å². The van der Waals surface area contributed by atoms with Crippen LogP contribution in [0.15, 0.2) is 30.3 Å². The predicted octanol–water partition coefficient (Wildman–Crippen LogP) is -0.0761. The molecule has 1 aliphatic rings. The second-order valence-corrected chi connectivity index (χ2v) is 4.35. The summed E-state index contributed by atoms with van der Waals surface area (Å²) in [6, 6.07) is 7.74. The van der Waals surface area contributed by atoms with Crippen LogP contribution in [0, 0.1) is 5.92 Å². The van der Waals surface area contributed by atoms with Crippen LogP contribution in [0.3, 0.4) is 0 Å². The van der Waals surface area contributed by atoms with Gasteiger partial charge in [0.05, 0.1) is 0 Å². The van der Waals surface area contributed by atoms with Crippen molar-refractivity contribution in [3.05, 3.63) is 35.9 Å². The van der Waals surface area contributed by atoms with Crippen LogP contribution in [0.5, 0.6) is 0 Å². The Labute approximate surface area is 141 Å². The second-order valence-electron chi connectivity index (χ2n) is 4.35. The first-order valence-electron chi connectivity index (χ1n) is 5.17. The predicted molar refractivity (Wildman–Crippen MR) is 56.0 cm³/mol. The number of carbonyl (C=O) groups is 1. The molecule has 1 fully saturated rings. The molecular weight excluding hydrogens is 255 g/mol. The van der Waals surface area contributed by atoms with Crippen LogP contribution < -0.4 is 51.4 Å². The maximum atomic E-state index is 13.2. The molecule has 0 spiro atoms. The molecule has 0 radical (unpaired) electrons. The zero-order valence-electron chi connectivity index (χ0n) is 9.79. The van der Waals surface area contributed by atoms with Crippen LogP contribution in [0.1, 0.15) is 18.9 Å². The summed E-state index contributed by atoms with van der Waals surface area (Å²) in [5, 5.41) is -1.90. The van der Waals surface area contributed by atoms with E-state index in [-0.39, 0.29) is 62.7 Å². The largest absolute Gasteiger partial charge is 1.00 e. The van der Waals surface area contributed by atoms with Gasteiger partial charge >= 0.3 is 58.4 Å². The Bertz CT molecular complexity index is 420. The molecular formula is C11H11BF3KO. The zero-order valence-corrected chi connectivity index (χ0v) is 12.9. The fourth-order valence-electron chi connectivity index (χ4n) is 2.44. The van der Waals surface area contributed by atoms with Crippen molar-refractivity contribution in [2.45, 2.75) is 18.7 Å². The Kier molecular flexibility index (Phi) is 4.69. The molecule has 2 rings (SSSR count). The van der Waals surface area contributed by atoms with Gasteiger partial charge in [0.1, 0.15) is 5.78 Å². The third-order valence-electron chi connectivity index (χ3n) is 3.62. The van der Waals surface area contributed by atoms with Crippen molar-refractivity contribution in [2.24, 2.45) is 5.92 Å². The van der Waals surface area contributed by atoms with Gasteiger partial charge in [0.2, 0.25) is 0 Å². The zero-order chi connectivity index (χ0) is 12.0. The van der Waals surface area contributed by atoms with Crippen molar-refractivity contribution in [1.29, 1.82) is 0 Å². The molecule has 0 N–H and O–H groups in total. The number of ketones is 1. The van der Waals surface area contributed by atoms with Crippen molar-refractivity contribution in [3.8, 4) is 0 Å². The van der Waals surface area contributed by atoms with E-state index in [1.807, 2.05) is 0 Å². The molecule has 1 nitrogen and oxygen atoms in total. The first kappa shape index (κ1) is 15.4. The second kappa shape index (κ2) is 5.17. The first-order valence-corrected chi connectivity index (χ1v) is 5.17. The van der Waals surface area contributed by atoms with Crippen LogP contribution >= 0.6 is 0 Å². The smallest absolute Gasteiger partial charge is 0.448 e. The maximum absolute atomic E-state index is 13.2. The summed E-state index contributed by atoms with van der Waals surface area (Å²) < 4.78 is 39.5. The summed E-state index contributed by atoms with van der Waals surface area (Å²) in [5.41, 5.74) is 0.217. The Balaban J connectivity index is 0.00000144. The molecule has 86 valence electrons. The van der Waals surface area contributed by atoms with E-state index in [4.69, 9.17) is 0 Å². The van der Waals surface area contributed by atoms with E-state index < -0.39 is 24.6 Å². The van der Waals surface area contributed by atoms with Crippen molar-refractivity contribution in [3.63, 3.8) is 0 Å². The quantitative estimate of drug-likeness (QED) is 0.685. The average molecular weight is 266 g/mol. The van der Waals surface area contributed by atoms with Gasteiger partial charge in [-0.3, -0.25) is 4.79 Å². The molecule has 0 amide bonds. The molecule has 17 heavy (non-hydrogen) atoms. The molecule has 0 unspecified atom stereocenters. The molecule has 6 heteroatoms. The minimum Gasteiger partial charge on any atom is -0.448 e. The average Bonchev–Trinajstić information content (AvgIpc) is 2.24. The first-order chi connectivity index (χ1) is 7.39. The van der Waals surface area contributed by atoms with Gasteiger partial charge in [-0.15, -0.1) is 0 Å². The fourth-order valence-corrected chi connectivity index (χ4v) is 2.44. The molecule has 1 aromatic rings. The molecule has 0 aliphatic heterocycles. The molecule has 0 heterocycles. The van der Waals surface area contributed by atoms with Crippen LogP contribution in [-0.4, -0.2) is 12.8 Å². The third-order valence-corrected chi connectivity index (χ3v) is 3.62. The van der Waals surface area contributed by atoms with E-state index in [0.29, 0.717) is 0 Å². The minimum absolute atomic E-state index is 0. The van der Waals surface area contributed by atoms with Crippen LogP contribution in [0.25, 0.3) is 0 Å². The van der Waals surface area contributed by atoms with E-state index in [1.54, 1.807) is 18.2 Å². The van der Waals surface area contributed by atoms with E-state index in [9.17, 15) is 17.7 Å². The van der Waals surface area contributed by atoms with Gasteiger partial charge in [0.25, 0.3) is 0 Å². The van der Waals surface area contributed by atoms with Gasteiger partial charge in [-0.25, -0.2) is 0 Å². The molecule has 1 aliphatic carbocycles. The summed E-state index contributed by atoms with van der Waals surface area (Å²) in [6.07, 6.45) is -0.401. The Morgan fingerprint density at radius 1 is 1.24 bits per heavy atom. The fraction of sp³-hybridized carbons (Fsp3) is 0.364. The number of Topliss-reactive ketones (excluding diaryl/α,β-unsaturated/α-hetero) is 1. The van der Waals surface area contributed by atoms with E-state index in [2.05, 4.69) is 0 Å². The number of hydrogen-bond donors (Lipinski definition) is 0. The van der Waals surface area contributed by atoms with Gasteiger partial charge in [-0.1, -0.05) is 42.8 Å². The molecule has 1 aromatic carbocycles. The van der Waals surface area contributed by atoms with Gasteiger partial charge in [-0.05, 0) is 11.7 Å². The molecule has 0 saturated heterocycles. The van der Waals surface area contributed by atoms with Crippen molar-refractivity contribution in [1.82, 2.24) is 0 Å². The summed E-state index contributed by atoms with van der Waals surface area (Å²) in [6.45, 7) is -3.69. The maximum Gasteiger partial charge on any atom is 1.00 e. The van der Waals surface area contributed by atoms with Gasteiger partial charge in [-0.2, -0.15) is 0 Å². The normalized spacial score (nSPS) is 28.2. The topological polar surface area (TPSA) is 17.1 Å². The number of rotatable bonds is 2. The number of hydrogen-bond acceptors (Lipinski definition) is 1. The van der Waals surface area contributed by atoms with Crippen LogP contribution in [0.2, 0.25) is 0 Å². The molecule has 0 bridgehead atoms. The van der Waals surface area contributed by atoms with Crippen molar-refractivity contribution in [2.75, 3.05) is 0 Å². The minimum atomic E-state index is -5.06. The Hall–Kier alpha value is 0.381. The molecule has 1 saturated carbocycles. The summed E-state index contributed by atoms with van der Waals surface area (Å²) in [4.78, 5) is 11.2. The third kappa shape index (κ3) is 2.30. The van der Waals surface area contributed by atoms with E-state index >= 15 is 0 Å². The monoisotopic (exact) mass is 266 g/mol. The number of benzene rings is 1. The summed E-state index contributed by atoms with van der Waals surface area (Å²) >= 11 is 0. The van der Waals surface area contributed by atoms with Gasteiger partial charge in [0.15, 0.2) is 0 Å². The summed E-state index contributed by atoms with van der Waals surface area (Å²) in [7, 11) is 0. The molecule has 2 atom stereocenters. The number of halogens is 3. The van der Waals surface area contributed by atoms with Crippen LogP contribution in [-0.2, 0) is 10.1 Å². The Morgan fingerprint density at radius 3 is 2.12 bits per heavy atom. The number of carbonyl (C=O) groups excluding carboxylic acids is 1. The van der Waals surface area contributed by atoms with E-state index in [0.717, 1.165) is 0 Å². The van der Waals surface area contributed by atoms with Crippen molar-refractivity contribution < 1.29 is 69.1 Å². The summed E-state index contributed by atoms with van der Waals surface area (Å²) in [5.74, 6) is -1.25. The van der Waals surface area contributed by atoms with Gasteiger partial charge < -0.3 is 12.9 Å². The van der Waals surface area contributed by atoms with Crippen molar-refractivity contribution >= 4 is 12.8 Å². The van der Waals surface area contributed by atoms with Gasteiger partial charge in [0, 0.05) is 5.92 Å². The Morgan fingerprint density at radius 2 is 1.76 bits per heavy atom.